The first-order valence-electron chi connectivity index (χ1n) is 7.54. The van der Waals surface area contributed by atoms with Crippen LogP contribution in [0.4, 0.5) is 0 Å². The molecule has 2 heterocycles. The molecule has 1 aromatic heterocycles. The maximum Gasteiger partial charge on any atom is 0.0948 e. The van der Waals surface area contributed by atoms with Crippen molar-refractivity contribution in [1.29, 1.82) is 0 Å². The van der Waals surface area contributed by atoms with Gasteiger partial charge >= 0.3 is 0 Å². The Morgan fingerprint density at radius 2 is 2.33 bits per heavy atom. The molecule has 0 radical (unpaired) electrons. The van der Waals surface area contributed by atoms with Gasteiger partial charge in [-0.25, -0.2) is 4.98 Å². The van der Waals surface area contributed by atoms with Crippen LogP contribution in [-0.4, -0.2) is 22.6 Å². The summed E-state index contributed by atoms with van der Waals surface area (Å²) in [5.41, 5.74) is 2.04. The van der Waals surface area contributed by atoms with Gasteiger partial charge in [-0.3, -0.25) is 0 Å². The van der Waals surface area contributed by atoms with Crippen molar-refractivity contribution in [2.45, 2.75) is 57.9 Å². The van der Waals surface area contributed by atoms with Crippen LogP contribution in [0.5, 0.6) is 0 Å². The third kappa shape index (κ3) is 2.20. The predicted molar refractivity (Wildman–Crippen MR) is 73.6 cm³/mol. The van der Waals surface area contributed by atoms with Crippen molar-refractivity contribution in [3.63, 3.8) is 0 Å². The Balaban J connectivity index is 1.74. The molecular weight excluding hydrogens is 222 g/mol. The van der Waals surface area contributed by atoms with Gasteiger partial charge in [0, 0.05) is 30.9 Å². The molecule has 100 valence electrons. The summed E-state index contributed by atoms with van der Waals surface area (Å²) in [6.07, 6.45) is 12.3. The van der Waals surface area contributed by atoms with Gasteiger partial charge in [0.15, 0.2) is 0 Å². The van der Waals surface area contributed by atoms with Gasteiger partial charge in [-0.2, -0.15) is 0 Å². The Morgan fingerprint density at radius 1 is 1.44 bits per heavy atom. The molecule has 1 N–H and O–H groups in total. The number of rotatable bonds is 4. The molecular formula is C15H25N3. The zero-order valence-corrected chi connectivity index (χ0v) is 11.5. The van der Waals surface area contributed by atoms with Crippen molar-refractivity contribution in [1.82, 2.24) is 14.9 Å². The van der Waals surface area contributed by atoms with Crippen molar-refractivity contribution in [2.75, 3.05) is 13.1 Å². The second-order valence-electron chi connectivity index (χ2n) is 6.20. The normalized spacial score (nSPS) is 26.8. The molecule has 1 saturated heterocycles. The number of piperidine rings is 1. The highest BCUT2D eigenvalue weighted by Gasteiger charge is 2.36. The van der Waals surface area contributed by atoms with Crippen LogP contribution in [0.2, 0.25) is 0 Å². The highest BCUT2D eigenvalue weighted by atomic mass is 15.1. The van der Waals surface area contributed by atoms with Gasteiger partial charge in [-0.1, -0.05) is 13.3 Å². The molecule has 0 aromatic carbocycles. The maximum absolute atomic E-state index is 4.41. The number of hydrogen-bond acceptors (Lipinski definition) is 2. The average molecular weight is 247 g/mol. The number of nitrogens with one attached hydrogen (secondary N) is 1. The summed E-state index contributed by atoms with van der Waals surface area (Å²) in [6.45, 7) is 5.85. The van der Waals surface area contributed by atoms with E-state index in [1.54, 1.807) is 0 Å². The standard InChI is InChI=1S/C15H25N3/c1-2-15(6-4-7-15)11-18-12-17-10-14(18)13-5-3-8-16-9-13/h10,12-13,16H,2-9,11H2,1H3. The molecule has 0 amide bonds. The van der Waals surface area contributed by atoms with E-state index >= 15 is 0 Å². The third-order valence-corrected chi connectivity index (χ3v) is 5.13. The van der Waals surface area contributed by atoms with Gasteiger partial charge in [0.1, 0.15) is 0 Å². The van der Waals surface area contributed by atoms with Gasteiger partial charge in [0.05, 0.1) is 6.33 Å². The molecule has 0 bridgehead atoms. The molecule has 0 spiro atoms. The van der Waals surface area contributed by atoms with Crippen molar-refractivity contribution in [2.24, 2.45) is 5.41 Å². The summed E-state index contributed by atoms with van der Waals surface area (Å²) in [5, 5.41) is 3.51. The molecule has 1 aliphatic heterocycles. The summed E-state index contributed by atoms with van der Waals surface area (Å²) >= 11 is 0. The van der Waals surface area contributed by atoms with Crippen molar-refractivity contribution in [3.05, 3.63) is 18.2 Å². The summed E-state index contributed by atoms with van der Waals surface area (Å²) in [4.78, 5) is 4.41. The molecule has 2 fully saturated rings. The Kier molecular flexibility index (Phi) is 3.42. The van der Waals surface area contributed by atoms with Gasteiger partial charge < -0.3 is 9.88 Å². The van der Waals surface area contributed by atoms with E-state index in [0.29, 0.717) is 11.3 Å². The fourth-order valence-corrected chi connectivity index (χ4v) is 3.57. The largest absolute Gasteiger partial charge is 0.334 e. The molecule has 2 aliphatic rings. The van der Waals surface area contributed by atoms with Crippen molar-refractivity contribution < 1.29 is 0 Å². The number of imidazole rings is 1. The van der Waals surface area contributed by atoms with Crippen LogP contribution in [0.25, 0.3) is 0 Å². The number of hydrogen-bond donors (Lipinski definition) is 1. The summed E-state index contributed by atoms with van der Waals surface area (Å²) in [7, 11) is 0. The lowest BCUT2D eigenvalue weighted by Gasteiger charge is -2.42. The predicted octanol–water partition coefficient (Wildman–Crippen LogP) is 2.93. The van der Waals surface area contributed by atoms with E-state index in [4.69, 9.17) is 0 Å². The van der Waals surface area contributed by atoms with Crippen LogP contribution < -0.4 is 5.32 Å². The van der Waals surface area contributed by atoms with Crippen LogP contribution in [0, 0.1) is 5.41 Å². The molecule has 18 heavy (non-hydrogen) atoms. The third-order valence-electron chi connectivity index (χ3n) is 5.13. The van der Waals surface area contributed by atoms with Crippen LogP contribution in [-0.2, 0) is 6.54 Å². The monoisotopic (exact) mass is 247 g/mol. The zero-order valence-electron chi connectivity index (χ0n) is 11.5. The van der Waals surface area contributed by atoms with Crippen molar-refractivity contribution in [3.8, 4) is 0 Å². The Bertz CT molecular complexity index is 381. The van der Waals surface area contributed by atoms with Crippen LogP contribution in [0.1, 0.15) is 57.1 Å². The van der Waals surface area contributed by atoms with Gasteiger partial charge in [0.25, 0.3) is 0 Å². The molecule has 3 rings (SSSR count). The van der Waals surface area contributed by atoms with E-state index < -0.39 is 0 Å². The minimum atomic E-state index is 0.581. The zero-order chi connectivity index (χ0) is 12.4. The van der Waals surface area contributed by atoms with Crippen LogP contribution >= 0.6 is 0 Å². The highest BCUT2D eigenvalue weighted by molar-refractivity contribution is 5.09. The minimum Gasteiger partial charge on any atom is -0.334 e. The maximum atomic E-state index is 4.41. The van der Waals surface area contributed by atoms with Gasteiger partial charge in [-0.05, 0) is 44.1 Å². The molecule has 1 unspecified atom stereocenters. The van der Waals surface area contributed by atoms with E-state index in [-0.39, 0.29) is 0 Å². The minimum absolute atomic E-state index is 0.581. The summed E-state index contributed by atoms with van der Waals surface area (Å²) in [6, 6.07) is 0. The molecule has 1 saturated carbocycles. The summed E-state index contributed by atoms with van der Waals surface area (Å²) < 4.78 is 2.44. The first-order valence-corrected chi connectivity index (χ1v) is 7.54. The van der Waals surface area contributed by atoms with E-state index in [1.165, 1.54) is 57.3 Å². The number of nitrogens with zero attached hydrogens (tertiary/aromatic N) is 2. The first-order chi connectivity index (χ1) is 8.83. The Labute approximate surface area is 110 Å². The topological polar surface area (TPSA) is 29.9 Å². The molecule has 3 nitrogen and oxygen atoms in total. The van der Waals surface area contributed by atoms with E-state index in [0.717, 1.165) is 6.54 Å². The van der Waals surface area contributed by atoms with Gasteiger partial charge in [0.2, 0.25) is 0 Å². The highest BCUT2D eigenvalue weighted by Crippen LogP contribution is 2.45. The van der Waals surface area contributed by atoms with E-state index in [1.807, 2.05) is 0 Å². The molecule has 1 atom stereocenters. The van der Waals surface area contributed by atoms with Crippen LogP contribution in [0.3, 0.4) is 0 Å². The smallest absolute Gasteiger partial charge is 0.0948 e. The first kappa shape index (κ1) is 12.2. The Morgan fingerprint density at radius 3 is 2.94 bits per heavy atom. The Hall–Kier alpha value is -0.830. The van der Waals surface area contributed by atoms with E-state index in [2.05, 4.69) is 34.3 Å². The van der Waals surface area contributed by atoms with Crippen LogP contribution in [0.15, 0.2) is 12.5 Å². The average Bonchev–Trinajstić information content (AvgIpc) is 2.83. The summed E-state index contributed by atoms with van der Waals surface area (Å²) in [5.74, 6) is 0.676. The quantitative estimate of drug-likeness (QED) is 0.886. The fourth-order valence-electron chi connectivity index (χ4n) is 3.57. The fraction of sp³-hybridized carbons (Fsp3) is 0.800. The second kappa shape index (κ2) is 5.04. The molecule has 1 aliphatic carbocycles. The SMILES string of the molecule is CCC1(Cn2cncc2C2CCCNC2)CCC1. The van der Waals surface area contributed by atoms with E-state index in [9.17, 15) is 0 Å². The lowest BCUT2D eigenvalue weighted by atomic mass is 9.67. The lowest BCUT2D eigenvalue weighted by molar-refractivity contribution is 0.0984. The number of aromatic nitrogens is 2. The van der Waals surface area contributed by atoms with Crippen molar-refractivity contribution >= 4 is 0 Å². The molecule has 3 heteroatoms. The second-order valence-corrected chi connectivity index (χ2v) is 6.20. The lowest BCUT2D eigenvalue weighted by Crippen LogP contribution is -2.35. The van der Waals surface area contributed by atoms with Gasteiger partial charge in [-0.15, -0.1) is 0 Å². The molecule has 1 aromatic rings.